The monoisotopic (exact) mass is 2620 g/mol. The summed E-state index contributed by atoms with van der Waals surface area (Å²) in [5.41, 5.74) is 34.8. The second kappa shape index (κ2) is 47.8. The summed E-state index contributed by atoms with van der Waals surface area (Å²) in [4.78, 5) is 0. The van der Waals surface area contributed by atoms with Gasteiger partial charge in [-0.1, -0.05) is 373 Å². The van der Waals surface area contributed by atoms with E-state index in [0.29, 0.717) is 5.92 Å². The first kappa shape index (κ1) is 108. The molecular formula is C130H116Ir4N12-4. The minimum absolute atomic E-state index is 0. The van der Waals surface area contributed by atoms with E-state index >= 15 is 0 Å². The zero-order chi connectivity index (χ0) is 98.8. The van der Waals surface area contributed by atoms with Crippen molar-refractivity contribution >= 4 is 0 Å². The summed E-state index contributed by atoms with van der Waals surface area (Å²) >= 11 is 0. The van der Waals surface area contributed by atoms with Gasteiger partial charge in [-0.15, -0.1) is 163 Å². The number of para-hydroxylation sites is 2. The van der Waals surface area contributed by atoms with Crippen molar-refractivity contribution < 1.29 is 80.4 Å². The third-order valence-electron chi connectivity index (χ3n) is 26.0. The molecule has 0 unspecified atom stereocenters. The van der Waals surface area contributed by atoms with Crippen LogP contribution >= 0.6 is 0 Å². The molecule has 0 N–H and O–H groups in total. The Kier molecular flexibility index (Phi) is 35.3. The first-order valence-electron chi connectivity index (χ1n) is 48.7. The molecule has 12 nitrogen and oxygen atoms in total. The van der Waals surface area contributed by atoms with E-state index < -0.39 is 0 Å². The van der Waals surface area contributed by atoms with Gasteiger partial charge in [0.25, 0.3) is 0 Å². The van der Waals surface area contributed by atoms with Crippen LogP contribution in [0.25, 0.3) is 169 Å². The van der Waals surface area contributed by atoms with Crippen molar-refractivity contribution in [3.63, 3.8) is 0 Å². The molecular weight excluding hydrogens is 2500 g/mol. The second-order valence-corrected chi connectivity index (χ2v) is 39.4. The Morgan fingerprint density at radius 3 is 0.856 bits per heavy atom. The van der Waals surface area contributed by atoms with E-state index in [1.54, 1.807) is 0 Å². The molecule has 4 radical (unpaired) electrons. The number of hydrogen-bond donors (Lipinski definition) is 0. The summed E-state index contributed by atoms with van der Waals surface area (Å²) < 4.78 is 8.81. The van der Waals surface area contributed by atoms with Crippen molar-refractivity contribution in [3.8, 4) is 169 Å². The van der Waals surface area contributed by atoms with Crippen LogP contribution < -0.4 is 0 Å². The van der Waals surface area contributed by atoms with Gasteiger partial charge in [-0.3, -0.25) is 0 Å². The molecule has 0 bridgehead atoms. The van der Waals surface area contributed by atoms with Crippen molar-refractivity contribution in [1.82, 2.24) is 59.1 Å². The van der Waals surface area contributed by atoms with E-state index in [1.807, 2.05) is 103 Å². The number of rotatable bonds is 18. The fourth-order valence-corrected chi connectivity index (χ4v) is 18.6. The normalized spacial score (nSPS) is 11.1. The van der Waals surface area contributed by atoms with Gasteiger partial charge in [0.2, 0.25) is 0 Å². The molecule has 0 fully saturated rings. The summed E-state index contributed by atoms with van der Waals surface area (Å²) in [5, 5.41) is 38.0. The van der Waals surface area contributed by atoms with E-state index in [0.717, 1.165) is 164 Å². The predicted octanol–water partition coefficient (Wildman–Crippen LogP) is 32.5. The average molecular weight is 2620 g/mol. The van der Waals surface area contributed by atoms with Crippen LogP contribution in [-0.4, -0.2) is 59.1 Å². The quantitative estimate of drug-likeness (QED) is 0.0779. The Balaban J connectivity index is 0.000000153. The molecule has 4 aromatic heterocycles. The van der Waals surface area contributed by atoms with E-state index in [1.165, 1.54) is 55.6 Å². The minimum atomic E-state index is -0.00877. The van der Waals surface area contributed by atoms with Gasteiger partial charge < -0.3 is 18.3 Å². The number of nitrogens with zero attached hydrogens (tertiary/aromatic N) is 12. The minimum Gasteiger partial charge on any atom is -0.316 e. The molecule has 21 aromatic rings. The molecule has 146 heavy (non-hydrogen) atoms. The fourth-order valence-electron chi connectivity index (χ4n) is 18.6. The average Bonchev–Trinajstić information content (AvgIpc) is 1.59. The van der Waals surface area contributed by atoms with Crippen LogP contribution in [0.4, 0.5) is 0 Å². The van der Waals surface area contributed by atoms with Gasteiger partial charge in [-0.2, -0.15) is 20.4 Å². The van der Waals surface area contributed by atoms with E-state index in [2.05, 4.69) is 462 Å². The number of aromatic nitrogens is 12. The van der Waals surface area contributed by atoms with Crippen molar-refractivity contribution in [3.05, 3.63) is 481 Å². The van der Waals surface area contributed by atoms with Crippen LogP contribution in [0.3, 0.4) is 0 Å². The Labute approximate surface area is 914 Å². The number of benzene rings is 17. The van der Waals surface area contributed by atoms with E-state index in [-0.39, 0.29) is 96.7 Å². The van der Waals surface area contributed by atoms with Crippen molar-refractivity contribution in [2.45, 2.75) is 133 Å². The van der Waals surface area contributed by atoms with Gasteiger partial charge in [0.1, 0.15) is 0 Å². The molecule has 0 saturated carbocycles. The van der Waals surface area contributed by atoms with E-state index in [4.69, 9.17) is 35.7 Å². The predicted molar refractivity (Wildman–Crippen MR) is 585 cm³/mol. The summed E-state index contributed by atoms with van der Waals surface area (Å²) in [6, 6.07) is 154. The van der Waals surface area contributed by atoms with Crippen LogP contribution in [-0.2, 0) is 96.7 Å². The number of hydrogen-bond acceptors (Lipinski definition) is 8. The first-order valence-corrected chi connectivity index (χ1v) is 48.7. The molecule has 0 aliphatic rings. The molecule has 0 saturated heterocycles. The van der Waals surface area contributed by atoms with Gasteiger partial charge >= 0.3 is 0 Å². The maximum Gasteiger partial charge on any atom is 0.160 e. The topological polar surface area (TPSA) is 123 Å². The van der Waals surface area contributed by atoms with Gasteiger partial charge in [0.05, 0.1) is 23.3 Å². The van der Waals surface area contributed by atoms with Crippen molar-refractivity contribution in [2.24, 2.45) is 0 Å². The van der Waals surface area contributed by atoms with Crippen LogP contribution in [0.15, 0.2) is 406 Å². The zero-order valence-electron chi connectivity index (χ0n) is 85.0. The number of aryl methyl sites for hydroxylation is 5. The molecule has 0 atom stereocenters. The molecule has 0 spiro atoms. The summed E-state index contributed by atoms with van der Waals surface area (Å²) in [5.74, 6) is 6.77. The molecule has 0 aliphatic heterocycles. The van der Waals surface area contributed by atoms with Gasteiger partial charge in [-0.05, 0) is 175 Å². The Hall–Kier alpha value is -14.1. The van der Waals surface area contributed by atoms with Crippen LogP contribution in [0.1, 0.15) is 132 Å². The van der Waals surface area contributed by atoms with Crippen molar-refractivity contribution in [2.75, 3.05) is 0 Å². The third-order valence-corrected chi connectivity index (χ3v) is 26.0. The van der Waals surface area contributed by atoms with Crippen LogP contribution in [0, 0.1) is 58.9 Å². The molecule has 21 rings (SSSR count). The van der Waals surface area contributed by atoms with Gasteiger partial charge in [0.15, 0.2) is 23.3 Å². The molecule has 17 aromatic carbocycles. The van der Waals surface area contributed by atoms with Crippen LogP contribution in [0.2, 0.25) is 0 Å². The van der Waals surface area contributed by atoms with E-state index in [9.17, 15) is 0 Å². The molecule has 16 heteroatoms. The zero-order valence-corrected chi connectivity index (χ0v) is 94.5. The fraction of sp³-hybridized carbons (Fsp3) is 0.154. The SMILES string of the molecule is CC(C)(C)c1cc(-n2c(-c3[c-]cccc3)nnc2-c2ccccc2-c2ccccc2)cc(C(C)(C)C)c1.CC(C)c1ccccc1-n1c(-c2[c-]cccc2)nnc1-c1ccccc1-c1ccccc1.Cc1cc(C(C)(C)C)cc(C)c1-n1c(-c2[c-]cccc2)nnc1-c1ccccc1-c1ccccc1.Cc1ccccc1-c1cc[c-]c(-c2nnc(-c3ccccc3-c3ccccc3)n2-c2c(C)cccc2C)c1.[Ir].[Ir].[Ir].[Ir]. The van der Waals surface area contributed by atoms with Crippen molar-refractivity contribution in [1.29, 1.82) is 0 Å². The van der Waals surface area contributed by atoms with Gasteiger partial charge in [-0.25, -0.2) is 0 Å². The third kappa shape index (κ3) is 23.7. The molecule has 4 heterocycles. The Bertz CT molecular complexity index is 7900. The standard InChI is InChI=1S/C35H28N3.C34H34N3.C32H30N3.C29H24N3.4Ir/c1-24-13-7-8-20-30(24)28-18-12-19-29(23-28)34-36-37-35(38(34)33-25(2)14-11-15-26(33)3)32-22-10-9-21-31(32)27-16-5-4-6-17-27;1-33(2,3)26-21-27(34(4,5)6)23-28(22-26)37-31(25-17-11-8-12-18-25)35-36-32(37)30-20-14-13-19-29(30)24-15-9-7-10-16-24;1-22-20-26(32(3,4)5)21-23(2)29(22)35-30(25-16-10-7-11-17-25)33-34-31(35)28-19-13-12-18-27(28)24-14-8-6-9-15-24;1-21(2)24-17-11-12-20-27(24)32-28(23-15-7-4-8-16-23)30-31-29(32)26-19-10-9-18-25(26)22-13-5-3-6-14-22;;;;/h4-18,20-23H,1-3H3;7-17,19-23H,1-6H3;6-16,18-21H,1-5H3;3-15,17-21H,1-2H3;;;;/q4*-1;;;;. The summed E-state index contributed by atoms with van der Waals surface area (Å²) in [7, 11) is 0. The maximum atomic E-state index is 4.82. The summed E-state index contributed by atoms with van der Waals surface area (Å²) in [6.07, 6.45) is 0. The maximum absolute atomic E-state index is 4.82. The second-order valence-electron chi connectivity index (χ2n) is 39.4. The smallest absolute Gasteiger partial charge is 0.160 e. The van der Waals surface area contributed by atoms with Gasteiger partial charge in [0, 0.05) is 125 Å². The molecule has 0 aliphatic carbocycles. The summed E-state index contributed by atoms with van der Waals surface area (Å²) in [6.45, 7) is 35.6. The molecule has 0 amide bonds. The largest absolute Gasteiger partial charge is 0.316 e. The first-order chi connectivity index (χ1) is 68.8. The Morgan fingerprint density at radius 2 is 0.493 bits per heavy atom. The Morgan fingerprint density at radius 1 is 0.212 bits per heavy atom. The molecule has 736 valence electrons. The van der Waals surface area contributed by atoms with Crippen LogP contribution in [0.5, 0.6) is 0 Å².